The molecular weight excluding hydrogens is 514 g/mol. The Morgan fingerprint density at radius 1 is 0.925 bits per heavy atom. The van der Waals surface area contributed by atoms with Gasteiger partial charge in [-0.15, -0.1) is 0 Å². The van der Waals surface area contributed by atoms with E-state index in [2.05, 4.69) is 10.6 Å². The number of rotatable bonds is 14. The van der Waals surface area contributed by atoms with E-state index in [1.807, 2.05) is 30.3 Å². The number of benzene rings is 2. The third kappa shape index (κ3) is 8.78. The van der Waals surface area contributed by atoms with Gasteiger partial charge in [0.15, 0.2) is 0 Å². The summed E-state index contributed by atoms with van der Waals surface area (Å²) in [6, 6.07) is 11.7. The number of nitrogens with zero attached hydrogens (tertiary/aromatic N) is 1. The van der Waals surface area contributed by atoms with Crippen molar-refractivity contribution in [2.45, 2.75) is 69.1 Å². The van der Waals surface area contributed by atoms with Crippen LogP contribution in [-0.2, 0) is 32.0 Å². The Labute approximate surface area is 233 Å². The van der Waals surface area contributed by atoms with Crippen LogP contribution in [0.2, 0.25) is 0 Å². The zero-order valence-corrected chi connectivity index (χ0v) is 22.5. The predicted molar refractivity (Wildman–Crippen MR) is 149 cm³/mol. The van der Waals surface area contributed by atoms with E-state index < -0.39 is 42.0 Å². The van der Waals surface area contributed by atoms with E-state index in [1.54, 1.807) is 12.1 Å². The number of carbonyl (C=O) groups is 4. The Bertz CT molecular complexity index is 1140. The first-order valence-corrected chi connectivity index (χ1v) is 13.6. The lowest BCUT2D eigenvalue weighted by Crippen LogP contribution is -2.57. The first-order chi connectivity index (χ1) is 19.2. The summed E-state index contributed by atoms with van der Waals surface area (Å²) in [5.41, 5.74) is 13.3. The molecule has 2 aromatic carbocycles. The molecule has 0 radical (unpaired) electrons. The molecule has 1 heterocycles. The highest BCUT2D eigenvalue weighted by molar-refractivity contribution is 5.94. The summed E-state index contributed by atoms with van der Waals surface area (Å²) < 4.78 is 0. The molecule has 4 atom stereocenters. The summed E-state index contributed by atoms with van der Waals surface area (Å²) in [5.74, 6) is -2.64. The van der Waals surface area contributed by atoms with E-state index in [9.17, 15) is 29.4 Å². The molecule has 1 aliphatic heterocycles. The Hall–Kier alpha value is -3.96. The Morgan fingerprint density at radius 2 is 1.60 bits per heavy atom. The van der Waals surface area contributed by atoms with Gasteiger partial charge in [-0.25, -0.2) is 4.79 Å². The highest BCUT2D eigenvalue weighted by Gasteiger charge is 2.38. The summed E-state index contributed by atoms with van der Waals surface area (Å²) in [6.07, 6.45) is 2.75. The van der Waals surface area contributed by atoms with Crippen LogP contribution in [-0.4, -0.2) is 76.1 Å². The van der Waals surface area contributed by atoms with Gasteiger partial charge in [-0.2, -0.15) is 0 Å². The molecular formula is C29H39N5O6. The predicted octanol–water partition coefficient (Wildman–Crippen LogP) is 0.679. The third-order valence-corrected chi connectivity index (χ3v) is 7.02. The average Bonchev–Trinajstić information content (AvgIpc) is 3.43. The third-order valence-electron chi connectivity index (χ3n) is 7.02. The maximum Gasteiger partial charge on any atom is 0.326 e. The van der Waals surface area contributed by atoms with Crippen LogP contribution in [0.1, 0.15) is 43.2 Å². The van der Waals surface area contributed by atoms with Crippen LogP contribution in [0.3, 0.4) is 0 Å². The van der Waals surface area contributed by atoms with Gasteiger partial charge in [0, 0.05) is 13.0 Å². The second-order valence-corrected chi connectivity index (χ2v) is 10.1. The second-order valence-electron chi connectivity index (χ2n) is 10.1. The quantitative estimate of drug-likeness (QED) is 0.184. The molecule has 11 heteroatoms. The smallest absolute Gasteiger partial charge is 0.326 e. The summed E-state index contributed by atoms with van der Waals surface area (Å²) >= 11 is 0. The molecule has 0 saturated carbocycles. The normalized spacial score (nSPS) is 17.1. The van der Waals surface area contributed by atoms with Crippen molar-refractivity contribution >= 4 is 23.7 Å². The molecule has 0 aromatic heterocycles. The van der Waals surface area contributed by atoms with Gasteiger partial charge >= 0.3 is 5.97 Å². The van der Waals surface area contributed by atoms with E-state index in [4.69, 9.17) is 11.5 Å². The molecule has 3 amide bonds. The number of carboxylic acids is 1. The van der Waals surface area contributed by atoms with Crippen molar-refractivity contribution in [3.05, 3.63) is 65.7 Å². The van der Waals surface area contributed by atoms with Crippen LogP contribution in [0.5, 0.6) is 5.75 Å². The van der Waals surface area contributed by atoms with E-state index >= 15 is 0 Å². The first kappa shape index (κ1) is 30.6. The minimum atomic E-state index is -1.18. The molecule has 2 aromatic rings. The van der Waals surface area contributed by atoms with Gasteiger partial charge < -0.3 is 37.2 Å². The molecule has 1 aliphatic rings. The monoisotopic (exact) mass is 553 g/mol. The Balaban J connectivity index is 1.73. The number of likely N-dealkylation sites (tertiary alicyclic amines) is 1. The lowest BCUT2D eigenvalue weighted by Gasteiger charge is -2.29. The van der Waals surface area contributed by atoms with Gasteiger partial charge in [-0.1, -0.05) is 42.5 Å². The van der Waals surface area contributed by atoms with Crippen LogP contribution < -0.4 is 22.1 Å². The van der Waals surface area contributed by atoms with Crippen molar-refractivity contribution in [3.8, 4) is 5.75 Å². The number of carboxylic acid groups (broad SMARTS) is 1. The summed E-state index contributed by atoms with van der Waals surface area (Å²) in [7, 11) is 0. The van der Waals surface area contributed by atoms with Crippen molar-refractivity contribution < 1.29 is 29.4 Å². The SMILES string of the molecule is NCCCCC(NC(=O)C(Cc1ccc(O)cc1)NC(=O)C1CCCN1C(=O)C(N)Cc1ccccc1)C(=O)O. The molecule has 40 heavy (non-hydrogen) atoms. The van der Waals surface area contributed by atoms with Gasteiger partial charge in [0.2, 0.25) is 17.7 Å². The fourth-order valence-corrected chi connectivity index (χ4v) is 4.84. The number of unbranched alkanes of at least 4 members (excludes halogenated alkanes) is 1. The fraction of sp³-hybridized carbons (Fsp3) is 0.448. The largest absolute Gasteiger partial charge is 0.508 e. The Morgan fingerprint density at radius 3 is 2.25 bits per heavy atom. The molecule has 11 nitrogen and oxygen atoms in total. The van der Waals surface area contributed by atoms with Crippen molar-refractivity contribution in [1.29, 1.82) is 0 Å². The molecule has 0 spiro atoms. The fourth-order valence-electron chi connectivity index (χ4n) is 4.84. The number of phenolic OH excluding ortho intramolecular Hbond substituents is 1. The van der Waals surface area contributed by atoms with E-state index in [-0.39, 0.29) is 24.5 Å². The summed E-state index contributed by atoms with van der Waals surface area (Å²) in [5, 5.41) is 24.5. The van der Waals surface area contributed by atoms with Gasteiger partial charge in [-0.05, 0) is 68.3 Å². The number of hydrogen-bond donors (Lipinski definition) is 6. The maximum absolute atomic E-state index is 13.4. The number of carbonyl (C=O) groups excluding carboxylic acids is 3. The molecule has 0 bridgehead atoms. The molecule has 8 N–H and O–H groups in total. The Kier molecular flexibility index (Phi) is 11.5. The topological polar surface area (TPSA) is 188 Å². The number of nitrogens with one attached hydrogen (secondary N) is 2. The number of aromatic hydroxyl groups is 1. The van der Waals surface area contributed by atoms with Crippen LogP contribution in [0.4, 0.5) is 0 Å². The van der Waals surface area contributed by atoms with Crippen molar-refractivity contribution in [2.75, 3.05) is 13.1 Å². The number of aliphatic carboxylic acids is 1. The minimum absolute atomic E-state index is 0.0478. The van der Waals surface area contributed by atoms with Gasteiger partial charge in [-0.3, -0.25) is 14.4 Å². The van der Waals surface area contributed by atoms with Crippen molar-refractivity contribution in [3.63, 3.8) is 0 Å². The van der Waals surface area contributed by atoms with Crippen molar-refractivity contribution in [1.82, 2.24) is 15.5 Å². The second kappa shape index (κ2) is 15.0. The van der Waals surface area contributed by atoms with Gasteiger partial charge in [0.1, 0.15) is 23.9 Å². The maximum atomic E-state index is 13.4. The summed E-state index contributed by atoms with van der Waals surface area (Å²) in [6.45, 7) is 0.780. The lowest BCUT2D eigenvalue weighted by atomic mass is 10.0. The van der Waals surface area contributed by atoms with Crippen molar-refractivity contribution in [2.24, 2.45) is 11.5 Å². The van der Waals surface area contributed by atoms with Gasteiger partial charge in [0.05, 0.1) is 6.04 Å². The van der Waals surface area contributed by atoms with E-state index in [1.165, 1.54) is 17.0 Å². The molecule has 216 valence electrons. The highest BCUT2D eigenvalue weighted by atomic mass is 16.4. The zero-order valence-electron chi connectivity index (χ0n) is 22.5. The summed E-state index contributed by atoms with van der Waals surface area (Å²) in [4.78, 5) is 53.1. The number of nitrogens with two attached hydrogens (primary N) is 2. The zero-order chi connectivity index (χ0) is 29.1. The molecule has 1 saturated heterocycles. The number of phenols is 1. The average molecular weight is 554 g/mol. The van der Waals surface area contributed by atoms with Crippen LogP contribution in [0, 0.1) is 0 Å². The lowest BCUT2D eigenvalue weighted by molar-refractivity contribution is -0.143. The minimum Gasteiger partial charge on any atom is -0.508 e. The number of amides is 3. The highest BCUT2D eigenvalue weighted by Crippen LogP contribution is 2.20. The number of hydrogen-bond acceptors (Lipinski definition) is 7. The van der Waals surface area contributed by atoms with E-state index in [0.29, 0.717) is 50.8 Å². The first-order valence-electron chi connectivity index (χ1n) is 13.6. The van der Waals surface area contributed by atoms with Crippen LogP contribution in [0.25, 0.3) is 0 Å². The molecule has 0 aliphatic carbocycles. The van der Waals surface area contributed by atoms with Crippen LogP contribution >= 0.6 is 0 Å². The van der Waals surface area contributed by atoms with Crippen LogP contribution in [0.15, 0.2) is 54.6 Å². The molecule has 3 rings (SSSR count). The van der Waals surface area contributed by atoms with E-state index in [0.717, 1.165) is 5.56 Å². The van der Waals surface area contributed by atoms with Gasteiger partial charge in [0.25, 0.3) is 0 Å². The molecule has 4 unspecified atom stereocenters. The standard InChI is InChI=1S/C29H39N5O6/c30-15-5-4-9-23(29(39)40)32-26(36)24(18-20-11-13-21(35)14-12-20)33-27(37)25-10-6-16-34(25)28(38)22(31)17-19-7-2-1-3-8-19/h1-3,7-8,11-14,22-25,35H,4-6,9-10,15-18,30-31H2,(H,32,36)(H,33,37)(H,39,40). The molecule has 1 fully saturated rings.